The topological polar surface area (TPSA) is 47.9 Å². The van der Waals surface area contributed by atoms with Crippen LogP contribution in [0, 0.1) is 5.92 Å². The predicted molar refractivity (Wildman–Crippen MR) is 81.9 cm³/mol. The van der Waals surface area contributed by atoms with E-state index in [0.717, 1.165) is 11.3 Å². The fourth-order valence-corrected chi connectivity index (χ4v) is 1.65. The van der Waals surface area contributed by atoms with Crippen molar-refractivity contribution in [3.63, 3.8) is 0 Å². The van der Waals surface area contributed by atoms with E-state index in [-0.39, 0.29) is 30.7 Å². The Morgan fingerprint density at radius 3 is 2.29 bits per heavy atom. The van der Waals surface area contributed by atoms with Gasteiger partial charge in [-0.1, -0.05) is 32.9 Å². The molecule has 1 aromatic rings. The first-order valence-electron chi connectivity index (χ1n) is 6.81. The minimum atomic E-state index is -0.344. The summed E-state index contributed by atoms with van der Waals surface area (Å²) in [6.45, 7) is 6.01. The molecule has 110 valence electrons. The van der Waals surface area contributed by atoms with Gasteiger partial charge in [0.1, 0.15) is 0 Å². The minimum absolute atomic E-state index is 0. The number of hydrogen-bond donors (Lipinski definition) is 0. The maximum absolute atomic E-state index is 11.8. The third-order valence-corrected chi connectivity index (χ3v) is 2.79. The van der Waals surface area contributed by atoms with Gasteiger partial charge in [0.25, 0.3) is 0 Å². The van der Waals surface area contributed by atoms with E-state index in [1.807, 2.05) is 57.1 Å². The number of aliphatic imine (C=N–C) groups is 1. The summed E-state index contributed by atoms with van der Waals surface area (Å²) in [4.78, 5) is 6.32. The third kappa shape index (κ3) is 6.28. The molecule has 0 aliphatic heterocycles. The molecule has 0 bridgehead atoms. The van der Waals surface area contributed by atoms with E-state index in [4.69, 9.17) is 4.74 Å². The second-order valence-corrected chi connectivity index (χ2v) is 5.00. The van der Waals surface area contributed by atoms with Crippen molar-refractivity contribution in [1.29, 1.82) is 0 Å². The molecule has 0 spiro atoms. The van der Waals surface area contributed by atoms with Crippen LogP contribution in [-0.2, 0) is 4.74 Å². The maximum atomic E-state index is 11.8. The average Bonchev–Trinajstić information content (AvgIpc) is 2.39. The van der Waals surface area contributed by atoms with E-state index >= 15 is 0 Å². The van der Waals surface area contributed by atoms with Gasteiger partial charge < -0.3 is 14.7 Å². The molecule has 0 saturated heterocycles. The van der Waals surface area contributed by atoms with Crippen molar-refractivity contribution in [2.75, 3.05) is 25.6 Å². The molecule has 0 aliphatic carbocycles. The molecule has 0 aliphatic rings. The van der Waals surface area contributed by atoms with Gasteiger partial charge in [0.2, 0.25) is 0 Å². The van der Waals surface area contributed by atoms with Crippen molar-refractivity contribution < 1.29 is 28.7 Å². The van der Waals surface area contributed by atoms with Crippen LogP contribution in [0.4, 0.5) is 5.69 Å². The molecule has 4 nitrogen and oxygen atoms in total. The Balaban J connectivity index is 0.00000400. The van der Waals surface area contributed by atoms with Gasteiger partial charge in [-0.15, -0.1) is 0 Å². The molecule has 0 aromatic heterocycles. The Hall–Kier alpha value is -1.37. The smallest absolute Gasteiger partial charge is 0.612 e. The van der Waals surface area contributed by atoms with Crippen molar-refractivity contribution in [3.8, 4) is 0 Å². The molecule has 0 fully saturated rings. The molecule has 0 heterocycles. The minimum Gasteiger partial charge on any atom is -0.612 e. The Kier molecular flexibility index (Phi) is 8.92. The van der Waals surface area contributed by atoms with Gasteiger partial charge in [-0.2, -0.15) is 0 Å². The number of nitrogens with zero attached hydrogens (tertiary/aromatic N) is 2. The number of ether oxygens (including phenoxy) is 1. The van der Waals surface area contributed by atoms with Gasteiger partial charge in [-0.3, -0.25) is 4.99 Å². The van der Waals surface area contributed by atoms with E-state index in [1.54, 1.807) is 13.1 Å². The SMILES string of the molecule is CCO/C([O-])=C(/N=Cc1ccc(N(C)C)cc1)C(C)C.[Li+]. The first-order valence-corrected chi connectivity index (χ1v) is 6.81. The van der Waals surface area contributed by atoms with Gasteiger partial charge in [0.05, 0.1) is 11.6 Å². The zero-order valence-corrected chi connectivity index (χ0v) is 13.9. The van der Waals surface area contributed by atoms with E-state index in [2.05, 4.69) is 4.99 Å². The number of allylic oxidation sites excluding steroid dienone is 1. The van der Waals surface area contributed by atoms with Crippen LogP contribution >= 0.6 is 0 Å². The van der Waals surface area contributed by atoms with Crippen LogP contribution in [0.25, 0.3) is 0 Å². The molecule has 0 atom stereocenters. The average molecular weight is 282 g/mol. The van der Waals surface area contributed by atoms with Crippen LogP contribution in [-0.4, -0.2) is 26.9 Å². The number of rotatable bonds is 6. The van der Waals surface area contributed by atoms with E-state index in [0.29, 0.717) is 12.3 Å². The first-order chi connectivity index (χ1) is 9.45. The van der Waals surface area contributed by atoms with E-state index < -0.39 is 0 Å². The Morgan fingerprint density at radius 2 is 1.86 bits per heavy atom. The molecule has 0 N–H and O–H groups in total. The fraction of sp³-hybridized carbons (Fsp3) is 0.438. The third-order valence-electron chi connectivity index (χ3n) is 2.79. The van der Waals surface area contributed by atoms with Crippen molar-refractivity contribution in [2.45, 2.75) is 20.8 Å². The summed E-state index contributed by atoms with van der Waals surface area (Å²) in [5.41, 5.74) is 2.53. The van der Waals surface area contributed by atoms with Crippen molar-refractivity contribution in [3.05, 3.63) is 41.5 Å². The normalized spacial score (nSPS) is 12.1. The van der Waals surface area contributed by atoms with Crippen LogP contribution in [0.5, 0.6) is 0 Å². The second kappa shape index (κ2) is 9.54. The molecule has 21 heavy (non-hydrogen) atoms. The standard InChI is InChI=1S/C16H24N2O2.Li/c1-6-20-16(19)15(12(2)3)17-11-13-7-9-14(10-8-13)18(4)5;/h7-12,19H,6H2,1-5H3;/q;+1/p-1/b16-15+,17-11?;. The summed E-state index contributed by atoms with van der Waals surface area (Å²) in [6.07, 6.45) is 1.70. The summed E-state index contributed by atoms with van der Waals surface area (Å²) >= 11 is 0. The molecule has 0 unspecified atom stereocenters. The molecule has 1 aromatic carbocycles. The number of hydrogen-bond acceptors (Lipinski definition) is 4. The first kappa shape index (κ1) is 19.6. The van der Waals surface area contributed by atoms with Crippen LogP contribution in [0.3, 0.4) is 0 Å². The zero-order valence-electron chi connectivity index (χ0n) is 13.9. The van der Waals surface area contributed by atoms with Crippen molar-refractivity contribution in [1.82, 2.24) is 0 Å². The summed E-state index contributed by atoms with van der Waals surface area (Å²) in [5.74, 6) is -0.310. The Morgan fingerprint density at radius 1 is 1.29 bits per heavy atom. The summed E-state index contributed by atoms with van der Waals surface area (Å²) in [6, 6.07) is 7.98. The largest absolute Gasteiger partial charge is 1.00 e. The molecule has 0 saturated carbocycles. The van der Waals surface area contributed by atoms with Gasteiger partial charge >= 0.3 is 18.9 Å². The quantitative estimate of drug-likeness (QED) is 0.398. The van der Waals surface area contributed by atoms with Gasteiger partial charge in [0, 0.05) is 26.0 Å². The van der Waals surface area contributed by atoms with E-state index in [9.17, 15) is 5.11 Å². The Labute approximate surface area is 139 Å². The number of anilines is 1. The van der Waals surface area contributed by atoms with E-state index in [1.165, 1.54) is 0 Å². The Bertz CT molecular complexity index is 480. The summed E-state index contributed by atoms with van der Waals surface area (Å²) in [5, 5.41) is 11.8. The number of benzene rings is 1. The summed E-state index contributed by atoms with van der Waals surface area (Å²) < 4.78 is 5.01. The zero-order chi connectivity index (χ0) is 15.1. The molecule has 1 rings (SSSR count). The summed E-state index contributed by atoms with van der Waals surface area (Å²) in [7, 11) is 3.99. The van der Waals surface area contributed by atoms with Crippen molar-refractivity contribution in [2.24, 2.45) is 10.9 Å². The second-order valence-electron chi connectivity index (χ2n) is 5.00. The van der Waals surface area contributed by atoms with Crippen LogP contribution in [0.1, 0.15) is 26.3 Å². The van der Waals surface area contributed by atoms with Crippen LogP contribution in [0.2, 0.25) is 0 Å². The fourth-order valence-electron chi connectivity index (χ4n) is 1.65. The maximum Gasteiger partial charge on any atom is 1.00 e. The van der Waals surface area contributed by atoms with Gasteiger partial charge in [0.15, 0.2) is 0 Å². The van der Waals surface area contributed by atoms with Crippen molar-refractivity contribution >= 4 is 11.9 Å². The molecular weight excluding hydrogens is 259 g/mol. The molecule has 0 radical (unpaired) electrons. The van der Waals surface area contributed by atoms with Gasteiger partial charge in [-0.05, 0) is 30.2 Å². The molecule has 0 amide bonds. The monoisotopic (exact) mass is 282 g/mol. The van der Waals surface area contributed by atoms with Crippen LogP contribution < -0.4 is 28.9 Å². The van der Waals surface area contributed by atoms with Crippen LogP contribution in [0.15, 0.2) is 40.9 Å². The molecular formula is C16H23LiN2O2. The predicted octanol–water partition coefficient (Wildman–Crippen LogP) is -0.603. The molecule has 5 heteroatoms. The van der Waals surface area contributed by atoms with Gasteiger partial charge in [-0.25, -0.2) is 0 Å².